The van der Waals surface area contributed by atoms with E-state index in [-0.39, 0.29) is 24.8 Å². The van der Waals surface area contributed by atoms with E-state index >= 15 is 0 Å². The summed E-state index contributed by atoms with van der Waals surface area (Å²) in [5.74, 6) is -5.40. The molecule has 0 radical (unpaired) electrons. The zero-order valence-electron chi connectivity index (χ0n) is 27.1. The number of hydrogen-bond donors (Lipinski definition) is 2. The SMILES string of the molecule is COC(=O)C[C@@H]1[C@@]2(C)C[C@@]3(O)[C@@](O)([C@@H]2OC(C)=O)[C@@H]2O[C@]4(C)O[C@]5(C[C@@H](OC(C)=O)[C@@]6(C)C(=CC(=O)O[C@@H]6c6ccoc6)[C@]25O4)[C@@]13C. The Balaban J connectivity index is 1.47. The minimum Gasteiger partial charge on any atom is -0.472 e. The van der Waals surface area contributed by atoms with Crippen molar-refractivity contribution < 1.29 is 67.0 Å². The molecule has 2 N–H and O–H groups in total. The maximum atomic E-state index is 13.6. The highest BCUT2D eigenvalue weighted by molar-refractivity contribution is 5.86. The number of cyclic esters (lactones) is 1. The van der Waals surface area contributed by atoms with E-state index in [1.165, 1.54) is 46.5 Å². The highest BCUT2D eigenvalue weighted by Crippen LogP contribution is 2.88. The fraction of sp³-hybridized carbons (Fsp3) is 0.697. The van der Waals surface area contributed by atoms with Crippen LogP contribution in [-0.2, 0) is 52.3 Å². The number of aliphatic hydroxyl groups is 2. The summed E-state index contributed by atoms with van der Waals surface area (Å²) in [5, 5.41) is 26.4. The van der Waals surface area contributed by atoms with Gasteiger partial charge in [0, 0.05) is 56.1 Å². The molecular formula is C33H38O14. The number of methoxy groups -OCH3 is 1. The van der Waals surface area contributed by atoms with Crippen LogP contribution in [0.5, 0.6) is 0 Å². The summed E-state index contributed by atoms with van der Waals surface area (Å²) in [7, 11) is 1.24. The first-order chi connectivity index (χ1) is 21.8. The van der Waals surface area contributed by atoms with Crippen molar-refractivity contribution in [2.45, 2.75) is 114 Å². The highest BCUT2D eigenvalue weighted by atomic mass is 16.9. The van der Waals surface area contributed by atoms with Crippen LogP contribution in [-0.4, -0.2) is 87.9 Å². The quantitative estimate of drug-likeness (QED) is 0.344. The van der Waals surface area contributed by atoms with Crippen LogP contribution in [0.25, 0.3) is 0 Å². The molecule has 0 amide bonds. The molecule has 13 atom stereocenters. The van der Waals surface area contributed by atoms with Gasteiger partial charge in [0.05, 0.1) is 25.1 Å². The predicted molar refractivity (Wildman–Crippen MR) is 151 cm³/mol. The number of hydrogen-bond acceptors (Lipinski definition) is 14. The van der Waals surface area contributed by atoms with Gasteiger partial charge in [0.25, 0.3) is 5.97 Å². The Morgan fingerprint density at radius 1 is 1.04 bits per heavy atom. The molecule has 0 aromatic carbocycles. The number of furan rings is 1. The van der Waals surface area contributed by atoms with Crippen LogP contribution in [0, 0.1) is 22.2 Å². The molecule has 254 valence electrons. The lowest BCUT2D eigenvalue weighted by Crippen LogP contribution is -2.93. The van der Waals surface area contributed by atoms with Crippen LogP contribution in [0.2, 0.25) is 0 Å². The summed E-state index contributed by atoms with van der Waals surface area (Å²) in [6, 6.07) is 1.63. The van der Waals surface area contributed by atoms with Gasteiger partial charge in [-0.15, -0.1) is 0 Å². The largest absolute Gasteiger partial charge is 0.472 e. The Morgan fingerprint density at radius 3 is 2.36 bits per heavy atom. The van der Waals surface area contributed by atoms with Crippen molar-refractivity contribution in [1.29, 1.82) is 0 Å². The Hall–Kier alpha value is -3.30. The number of carbonyl (C=O) groups is 4. The fourth-order valence-electron chi connectivity index (χ4n) is 11.7. The first-order valence-electron chi connectivity index (χ1n) is 15.7. The molecule has 4 saturated carbocycles. The summed E-state index contributed by atoms with van der Waals surface area (Å²) in [5.41, 5.74) is -11.5. The zero-order chi connectivity index (χ0) is 34.0. The van der Waals surface area contributed by atoms with Crippen molar-refractivity contribution in [3.63, 3.8) is 0 Å². The van der Waals surface area contributed by atoms with E-state index < -0.39 is 98.8 Å². The van der Waals surface area contributed by atoms with Gasteiger partial charge in [0.15, 0.2) is 11.2 Å². The Morgan fingerprint density at radius 2 is 1.74 bits per heavy atom. The lowest BCUT2D eigenvalue weighted by molar-refractivity contribution is -0.446. The minimum atomic E-state index is -2.34. The third kappa shape index (κ3) is 2.99. The maximum absolute atomic E-state index is 13.6. The van der Waals surface area contributed by atoms with Gasteiger partial charge in [-0.3, -0.25) is 14.4 Å². The molecule has 7 aliphatic rings. The van der Waals surface area contributed by atoms with Gasteiger partial charge in [0.2, 0.25) is 0 Å². The molecule has 47 heavy (non-hydrogen) atoms. The summed E-state index contributed by atoms with van der Waals surface area (Å²) < 4.78 is 48.7. The normalized spacial score (nSPS) is 52.7. The summed E-state index contributed by atoms with van der Waals surface area (Å²) in [4.78, 5) is 52.3. The molecule has 8 rings (SSSR count). The number of ether oxygens (including phenoxy) is 7. The smallest absolute Gasteiger partial charge is 0.331 e. The molecule has 3 aliphatic heterocycles. The average molecular weight is 659 g/mol. The van der Waals surface area contributed by atoms with Crippen molar-refractivity contribution in [2.24, 2.45) is 22.2 Å². The van der Waals surface area contributed by atoms with E-state index in [0.717, 1.165) is 0 Å². The molecule has 1 aromatic rings. The van der Waals surface area contributed by atoms with Gasteiger partial charge in [0.1, 0.15) is 35.6 Å². The standard InChI is InChI=1S/C33H38O14/c1-15(34)42-20-12-31-28(5)18(10-21(36)40-7)26(3)14-30(28,38)32(39,24(26)43-16(2)35)25-33(31,47-29(6,45-25)46-31)19-11-22(37)44-23(27(19,20)4)17-8-9-41-13-17/h8-9,11,13,18,20,23-25,38-39H,10,12,14H2,1-7H3/t18-,20-,23-,24-,25+,26-,27-,28+,29-,30+,31-,32-,33+/m1/s1. The maximum Gasteiger partial charge on any atom is 0.331 e. The van der Waals surface area contributed by atoms with Crippen LogP contribution in [0.4, 0.5) is 0 Å². The van der Waals surface area contributed by atoms with Gasteiger partial charge in [-0.1, -0.05) is 13.8 Å². The molecule has 1 aromatic heterocycles. The molecular weight excluding hydrogens is 620 g/mol. The molecule has 4 heterocycles. The van der Waals surface area contributed by atoms with E-state index in [0.29, 0.717) is 5.56 Å². The van der Waals surface area contributed by atoms with Gasteiger partial charge >= 0.3 is 23.9 Å². The van der Waals surface area contributed by atoms with Crippen molar-refractivity contribution in [3.05, 3.63) is 35.8 Å². The monoisotopic (exact) mass is 658 g/mol. The Kier molecular flexibility index (Phi) is 5.70. The van der Waals surface area contributed by atoms with Gasteiger partial charge in [-0.25, -0.2) is 4.79 Å². The number of fused-ring (bicyclic) bond motifs is 4. The first-order valence-corrected chi connectivity index (χ1v) is 15.7. The lowest BCUT2D eigenvalue weighted by Gasteiger charge is -2.76. The number of rotatable bonds is 5. The van der Waals surface area contributed by atoms with Crippen LogP contribution in [0.1, 0.15) is 72.5 Å². The molecule has 14 nitrogen and oxygen atoms in total. The number of esters is 4. The topological polar surface area (TPSA) is 186 Å². The van der Waals surface area contributed by atoms with E-state index in [1.54, 1.807) is 26.8 Å². The van der Waals surface area contributed by atoms with E-state index in [4.69, 9.17) is 37.6 Å². The van der Waals surface area contributed by atoms with Crippen LogP contribution in [0.15, 0.2) is 34.7 Å². The van der Waals surface area contributed by atoms with Crippen LogP contribution < -0.4 is 0 Å². The second kappa shape index (κ2) is 8.64. The van der Waals surface area contributed by atoms with Crippen molar-refractivity contribution in [2.75, 3.05) is 7.11 Å². The second-order valence-corrected chi connectivity index (χ2v) is 15.0. The predicted octanol–water partition coefficient (Wildman–Crippen LogP) is 1.76. The number of carbonyl (C=O) groups excluding carboxylic acids is 4. The molecule has 6 fully saturated rings. The van der Waals surface area contributed by atoms with Crippen LogP contribution >= 0.6 is 0 Å². The molecule has 0 unspecified atom stereocenters. The van der Waals surface area contributed by atoms with Crippen molar-refractivity contribution >= 4 is 23.9 Å². The molecule has 4 bridgehead atoms. The Labute approximate surface area is 269 Å². The Bertz CT molecular complexity index is 1670. The van der Waals surface area contributed by atoms with Crippen LogP contribution in [0.3, 0.4) is 0 Å². The average Bonchev–Trinajstić information content (AvgIpc) is 3.74. The highest BCUT2D eigenvalue weighted by Gasteiger charge is 3.02. The molecule has 2 saturated heterocycles. The van der Waals surface area contributed by atoms with E-state index in [1.807, 2.05) is 0 Å². The summed E-state index contributed by atoms with van der Waals surface area (Å²) in [6.45, 7) is 9.21. The van der Waals surface area contributed by atoms with E-state index in [9.17, 15) is 29.4 Å². The summed E-state index contributed by atoms with van der Waals surface area (Å²) >= 11 is 0. The molecule has 14 heteroatoms. The third-order valence-corrected chi connectivity index (χ3v) is 13.1. The fourth-order valence-corrected chi connectivity index (χ4v) is 11.7. The second-order valence-electron chi connectivity index (χ2n) is 15.0. The zero-order valence-corrected chi connectivity index (χ0v) is 27.1. The van der Waals surface area contributed by atoms with Gasteiger partial charge < -0.3 is 47.8 Å². The first kappa shape index (κ1) is 31.0. The lowest BCUT2D eigenvalue weighted by atomic mass is 9.34. The van der Waals surface area contributed by atoms with Crippen molar-refractivity contribution in [1.82, 2.24) is 0 Å². The summed E-state index contributed by atoms with van der Waals surface area (Å²) in [6.07, 6.45) is -1.37. The molecule has 1 spiro atoms. The minimum absolute atomic E-state index is 0.112. The van der Waals surface area contributed by atoms with Gasteiger partial charge in [-0.05, 0) is 30.9 Å². The molecule has 4 aliphatic carbocycles. The van der Waals surface area contributed by atoms with E-state index in [2.05, 4.69) is 0 Å². The van der Waals surface area contributed by atoms with Gasteiger partial charge in [-0.2, -0.15) is 0 Å². The van der Waals surface area contributed by atoms with Crippen molar-refractivity contribution in [3.8, 4) is 0 Å². The third-order valence-electron chi connectivity index (χ3n) is 13.1.